The van der Waals surface area contributed by atoms with E-state index in [4.69, 9.17) is 9.51 Å². The average molecular weight is 411 g/mol. The zero-order chi connectivity index (χ0) is 22.1. The SMILES string of the molecule is C/C=C(\C)NC(=O)c1c(N2CCCC(C)(C)CC2)ncc(-c2c(C)noc2C)c1C. The molecule has 0 saturated carbocycles. The van der Waals surface area contributed by atoms with Crippen molar-refractivity contribution in [3.63, 3.8) is 0 Å². The average Bonchev–Trinajstić information content (AvgIpc) is 2.90. The standard InChI is InChI=1S/C24H34N4O2/c1-8-15(2)26-23(29)20-16(3)19(21-17(4)27-30-18(21)5)14-25-22(20)28-12-9-10-24(6,7)11-13-28/h8,14H,9-13H2,1-7H3,(H,26,29)/b15-8+. The van der Waals surface area contributed by atoms with Crippen LogP contribution in [-0.2, 0) is 0 Å². The fourth-order valence-corrected chi connectivity index (χ4v) is 4.17. The molecule has 0 aliphatic carbocycles. The molecule has 2 aromatic rings. The fourth-order valence-electron chi connectivity index (χ4n) is 4.17. The number of carbonyl (C=O) groups is 1. The van der Waals surface area contributed by atoms with Gasteiger partial charge in [0.2, 0.25) is 0 Å². The Morgan fingerprint density at radius 2 is 1.97 bits per heavy atom. The molecule has 1 N–H and O–H groups in total. The van der Waals surface area contributed by atoms with Crippen LogP contribution in [0.2, 0.25) is 0 Å². The van der Waals surface area contributed by atoms with Gasteiger partial charge < -0.3 is 14.7 Å². The molecular formula is C24H34N4O2. The second kappa shape index (κ2) is 8.62. The van der Waals surface area contributed by atoms with Crippen LogP contribution in [0.4, 0.5) is 5.82 Å². The molecule has 0 bridgehead atoms. The van der Waals surface area contributed by atoms with Crippen LogP contribution < -0.4 is 10.2 Å². The van der Waals surface area contributed by atoms with Crippen LogP contribution in [0, 0.1) is 26.2 Å². The van der Waals surface area contributed by atoms with E-state index in [2.05, 4.69) is 29.2 Å². The molecule has 1 aliphatic rings. The fraction of sp³-hybridized carbons (Fsp3) is 0.542. The Morgan fingerprint density at radius 1 is 1.23 bits per heavy atom. The molecule has 1 amide bonds. The van der Waals surface area contributed by atoms with Crippen LogP contribution in [0.1, 0.15) is 74.3 Å². The van der Waals surface area contributed by atoms with E-state index in [9.17, 15) is 4.79 Å². The maximum atomic E-state index is 13.3. The highest BCUT2D eigenvalue weighted by Crippen LogP contribution is 2.36. The molecule has 6 nitrogen and oxygen atoms in total. The van der Waals surface area contributed by atoms with Gasteiger partial charge in [0.15, 0.2) is 0 Å². The number of allylic oxidation sites excluding steroid dienone is 2. The molecule has 0 aromatic carbocycles. The smallest absolute Gasteiger partial charge is 0.259 e. The summed E-state index contributed by atoms with van der Waals surface area (Å²) in [5, 5.41) is 7.10. The molecule has 3 heterocycles. The van der Waals surface area contributed by atoms with Crippen molar-refractivity contribution in [3.05, 3.63) is 40.6 Å². The molecule has 2 aromatic heterocycles. The minimum absolute atomic E-state index is 0.122. The molecule has 1 aliphatic heterocycles. The third kappa shape index (κ3) is 4.42. The lowest BCUT2D eigenvalue weighted by molar-refractivity contribution is 0.0965. The van der Waals surface area contributed by atoms with E-state index in [1.807, 2.05) is 46.9 Å². The number of carbonyl (C=O) groups excluding carboxylic acids is 1. The second-order valence-electron chi connectivity index (χ2n) is 9.13. The van der Waals surface area contributed by atoms with Crippen molar-refractivity contribution in [2.75, 3.05) is 18.0 Å². The molecule has 1 saturated heterocycles. The first-order chi connectivity index (χ1) is 14.1. The molecule has 6 heteroatoms. The molecule has 1 fully saturated rings. The molecular weight excluding hydrogens is 376 g/mol. The lowest BCUT2D eigenvalue weighted by Gasteiger charge is -2.27. The van der Waals surface area contributed by atoms with Crippen molar-refractivity contribution in [1.82, 2.24) is 15.5 Å². The highest BCUT2D eigenvalue weighted by Gasteiger charge is 2.29. The largest absolute Gasteiger partial charge is 0.361 e. The summed E-state index contributed by atoms with van der Waals surface area (Å²) < 4.78 is 5.38. The summed E-state index contributed by atoms with van der Waals surface area (Å²) in [5.74, 6) is 1.38. The minimum Gasteiger partial charge on any atom is -0.361 e. The first-order valence-corrected chi connectivity index (χ1v) is 10.8. The number of hydrogen-bond donors (Lipinski definition) is 1. The van der Waals surface area contributed by atoms with Gasteiger partial charge in [-0.1, -0.05) is 25.1 Å². The van der Waals surface area contributed by atoms with E-state index < -0.39 is 0 Å². The van der Waals surface area contributed by atoms with E-state index in [1.165, 1.54) is 6.42 Å². The van der Waals surface area contributed by atoms with Crippen molar-refractivity contribution in [1.29, 1.82) is 0 Å². The number of rotatable bonds is 4. The van der Waals surface area contributed by atoms with Crippen LogP contribution >= 0.6 is 0 Å². The quantitative estimate of drug-likeness (QED) is 0.737. The van der Waals surface area contributed by atoms with Crippen LogP contribution in [-0.4, -0.2) is 29.1 Å². The first kappa shape index (κ1) is 22.1. The topological polar surface area (TPSA) is 71.3 Å². The van der Waals surface area contributed by atoms with E-state index in [0.717, 1.165) is 65.6 Å². The molecule has 0 spiro atoms. The van der Waals surface area contributed by atoms with Crippen molar-refractivity contribution >= 4 is 11.7 Å². The van der Waals surface area contributed by atoms with Gasteiger partial charge in [-0.2, -0.15) is 0 Å². The Balaban J connectivity index is 2.12. The van der Waals surface area contributed by atoms with Gasteiger partial charge in [-0.15, -0.1) is 0 Å². The van der Waals surface area contributed by atoms with Crippen LogP contribution in [0.3, 0.4) is 0 Å². The van der Waals surface area contributed by atoms with Gasteiger partial charge in [0.25, 0.3) is 5.91 Å². The minimum atomic E-state index is -0.122. The number of nitrogens with zero attached hydrogens (tertiary/aromatic N) is 3. The third-order valence-electron chi connectivity index (χ3n) is 6.23. The zero-order valence-corrected chi connectivity index (χ0v) is 19.3. The third-order valence-corrected chi connectivity index (χ3v) is 6.23. The van der Waals surface area contributed by atoms with Gasteiger partial charge in [-0.25, -0.2) is 4.98 Å². The number of aryl methyl sites for hydroxylation is 2. The number of pyridine rings is 1. The van der Waals surface area contributed by atoms with E-state index in [1.54, 1.807) is 0 Å². The molecule has 162 valence electrons. The number of anilines is 1. The Morgan fingerprint density at radius 3 is 2.60 bits per heavy atom. The number of aromatic nitrogens is 2. The summed E-state index contributed by atoms with van der Waals surface area (Å²) in [6.45, 7) is 16.1. The molecule has 0 radical (unpaired) electrons. The highest BCUT2D eigenvalue weighted by molar-refractivity contribution is 6.03. The Kier molecular flexibility index (Phi) is 6.34. The van der Waals surface area contributed by atoms with Crippen LogP contribution in [0.5, 0.6) is 0 Å². The lowest BCUT2D eigenvalue weighted by atomic mass is 9.85. The van der Waals surface area contributed by atoms with Crippen LogP contribution in [0.15, 0.2) is 22.5 Å². The van der Waals surface area contributed by atoms with E-state index in [-0.39, 0.29) is 5.91 Å². The summed E-state index contributed by atoms with van der Waals surface area (Å²) in [7, 11) is 0. The molecule has 0 unspecified atom stereocenters. The summed E-state index contributed by atoms with van der Waals surface area (Å²) in [4.78, 5) is 20.4. The summed E-state index contributed by atoms with van der Waals surface area (Å²) >= 11 is 0. The van der Waals surface area contributed by atoms with Gasteiger partial charge in [-0.3, -0.25) is 4.79 Å². The van der Waals surface area contributed by atoms with Gasteiger partial charge in [0.05, 0.1) is 11.3 Å². The number of hydrogen-bond acceptors (Lipinski definition) is 5. The Bertz CT molecular complexity index is 952. The van der Waals surface area contributed by atoms with E-state index in [0.29, 0.717) is 11.0 Å². The van der Waals surface area contributed by atoms with Crippen LogP contribution in [0.25, 0.3) is 11.1 Å². The molecule has 3 rings (SSSR count). The van der Waals surface area contributed by atoms with Gasteiger partial charge in [0, 0.05) is 36.1 Å². The van der Waals surface area contributed by atoms with Crippen molar-refractivity contribution in [2.45, 2.75) is 67.7 Å². The lowest BCUT2D eigenvalue weighted by Crippen LogP contribution is -2.31. The summed E-state index contributed by atoms with van der Waals surface area (Å²) in [5.41, 5.74) is 5.29. The van der Waals surface area contributed by atoms with Gasteiger partial charge >= 0.3 is 0 Å². The predicted molar refractivity (Wildman–Crippen MR) is 121 cm³/mol. The van der Waals surface area contributed by atoms with Gasteiger partial charge in [0.1, 0.15) is 11.6 Å². The van der Waals surface area contributed by atoms with Crippen molar-refractivity contribution < 1.29 is 9.32 Å². The summed E-state index contributed by atoms with van der Waals surface area (Å²) in [6, 6.07) is 0. The second-order valence-corrected chi connectivity index (χ2v) is 9.13. The maximum absolute atomic E-state index is 13.3. The highest BCUT2D eigenvalue weighted by atomic mass is 16.5. The normalized spacial score (nSPS) is 17.0. The Labute approximate surface area is 179 Å². The van der Waals surface area contributed by atoms with Crippen molar-refractivity contribution in [2.24, 2.45) is 5.41 Å². The number of amides is 1. The number of nitrogens with one attached hydrogen (secondary N) is 1. The maximum Gasteiger partial charge on any atom is 0.259 e. The summed E-state index contributed by atoms with van der Waals surface area (Å²) in [6.07, 6.45) is 7.11. The molecule has 0 atom stereocenters. The monoisotopic (exact) mass is 410 g/mol. The zero-order valence-electron chi connectivity index (χ0n) is 19.3. The first-order valence-electron chi connectivity index (χ1n) is 10.8. The van der Waals surface area contributed by atoms with Crippen molar-refractivity contribution in [3.8, 4) is 11.1 Å². The molecule has 30 heavy (non-hydrogen) atoms. The van der Waals surface area contributed by atoms with Gasteiger partial charge in [-0.05, 0) is 64.9 Å². The van der Waals surface area contributed by atoms with E-state index >= 15 is 0 Å². The predicted octanol–water partition coefficient (Wildman–Crippen LogP) is 5.33. The Hall–Kier alpha value is -2.63.